The minimum atomic E-state index is -0.721. The zero-order valence-corrected chi connectivity index (χ0v) is 11.9. The van der Waals surface area contributed by atoms with E-state index < -0.39 is 5.54 Å². The van der Waals surface area contributed by atoms with E-state index in [4.69, 9.17) is 5.73 Å². The number of hydrogen-bond donors (Lipinski definition) is 2. The molecule has 0 radical (unpaired) electrons. The standard InChI is InChI=1S/C16H24N2O/c1-3-7-14(12-8-5-4-6-9-12)18-15(19)16(2,17)13-10-11-13/h4-6,8-9,13-14H,3,7,10-11,17H2,1-2H3,(H,18,19). The number of nitrogens with two attached hydrogens (primary N) is 1. The molecule has 0 saturated heterocycles. The second kappa shape index (κ2) is 5.74. The fraction of sp³-hybridized carbons (Fsp3) is 0.562. The Morgan fingerprint density at radius 2 is 2.05 bits per heavy atom. The third-order valence-corrected chi connectivity index (χ3v) is 4.00. The van der Waals surface area contributed by atoms with Gasteiger partial charge in [-0.15, -0.1) is 0 Å². The largest absolute Gasteiger partial charge is 0.348 e. The van der Waals surface area contributed by atoms with Crippen molar-refractivity contribution in [1.29, 1.82) is 0 Å². The zero-order chi connectivity index (χ0) is 13.9. The summed E-state index contributed by atoms with van der Waals surface area (Å²) in [5.41, 5.74) is 6.61. The summed E-state index contributed by atoms with van der Waals surface area (Å²) in [5.74, 6) is 0.336. The molecular weight excluding hydrogens is 236 g/mol. The van der Waals surface area contributed by atoms with Crippen molar-refractivity contribution in [1.82, 2.24) is 5.32 Å². The van der Waals surface area contributed by atoms with Gasteiger partial charge in [-0.1, -0.05) is 43.7 Å². The Morgan fingerprint density at radius 1 is 1.42 bits per heavy atom. The van der Waals surface area contributed by atoms with Crippen LogP contribution in [0.4, 0.5) is 0 Å². The molecular formula is C16H24N2O. The van der Waals surface area contributed by atoms with Crippen molar-refractivity contribution in [3.63, 3.8) is 0 Å². The summed E-state index contributed by atoms with van der Waals surface area (Å²) in [4.78, 5) is 12.4. The molecule has 1 amide bonds. The van der Waals surface area contributed by atoms with Crippen molar-refractivity contribution in [3.05, 3.63) is 35.9 Å². The van der Waals surface area contributed by atoms with Crippen LogP contribution in [0.3, 0.4) is 0 Å². The van der Waals surface area contributed by atoms with Gasteiger partial charge in [-0.05, 0) is 37.7 Å². The second-order valence-corrected chi connectivity index (χ2v) is 5.78. The fourth-order valence-electron chi connectivity index (χ4n) is 2.48. The van der Waals surface area contributed by atoms with Crippen molar-refractivity contribution in [2.24, 2.45) is 11.7 Å². The lowest BCUT2D eigenvalue weighted by molar-refractivity contribution is -0.127. The van der Waals surface area contributed by atoms with Crippen LogP contribution in [0.15, 0.2) is 30.3 Å². The van der Waals surface area contributed by atoms with E-state index in [-0.39, 0.29) is 11.9 Å². The van der Waals surface area contributed by atoms with Gasteiger partial charge in [0.15, 0.2) is 0 Å². The van der Waals surface area contributed by atoms with Gasteiger partial charge in [0.2, 0.25) is 5.91 Å². The number of carbonyl (C=O) groups excluding carboxylic acids is 1. The zero-order valence-electron chi connectivity index (χ0n) is 11.9. The van der Waals surface area contributed by atoms with Crippen molar-refractivity contribution in [2.75, 3.05) is 0 Å². The minimum Gasteiger partial charge on any atom is -0.348 e. The predicted octanol–water partition coefficient (Wildman–Crippen LogP) is 2.77. The molecule has 1 aliphatic carbocycles. The SMILES string of the molecule is CCCC(NC(=O)C(C)(N)C1CC1)c1ccccc1. The molecule has 1 aromatic carbocycles. The van der Waals surface area contributed by atoms with Crippen molar-refractivity contribution in [2.45, 2.75) is 51.1 Å². The first-order valence-electron chi connectivity index (χ1n) is 7.20. The lowest BCUT2D eigenvalue weighted by Gasteiger charge is -2.27. The fourth-order valence-corrected chi connectivity index (χ4v) is 2.48. The predicted molar refractivity (Wildman–Crippen MR) is 77.6 cm³/mol. The summed E-state index contributed by atoms with van der Waals surface area (Å²) in [5, 5.41) is 3.13. The smallest absolute Gasteiger partial charge is 0.240 e. The highest BCUT2D eigenvalue weighted by Gasteiger charge is 2.44. The van der Waals surface area contributed by atoms with E-state index in [1.165, 1.54) is 0 Å². The van der Waals surface area contributed by atoms with E-state index in [1.54, 1.807) is 0 Å². The molecule has 2 atom stereocenters. The summed E-state index contributed by atoms with van der Waals surface area (Å²) in [6, 6.07) is 10.2. The van der Waals surface area contributed by atoms with Gasteiger partial charge in [0.25, 0.3) is 0 Å². The van der Waals surface area contributed by atoms with E-state index in [0.29, 0.717) is 5.92 Å². The summed E-state index contributed by atoms with van der Waals surface area (Å²) >= 11 is 0. The van der Waals surface area contributed by atoms with Gasteiger partial charge in [0.05, 0.1) is 11.6 Å². The van der Waals surface area contributed by atoms with Gasteiger partial charge in [-0.25, -0.2) is 0 Å². The van der Waals surface area contributed by atoms with Crippen LogP contribution in [-0.4, -0.2) is 11.4 Å². The number of amides is 1. The number of rotatable bonds is 6. The number of hydrogen-bond acceptors (Lipinski definition) is 2. The molecule has 2 unspecified atom stereocenters. The average Bonchev–Trinajstić information content (AvgIpc) is 3.23. The Hall–Kier alpha value is -1.35. The Bertz CT molecular complexity index is 424. The number of carbonyl (C=O) groups is 1. The first-order valence-corrected chi connectivity index (χ1v) is 7.20. The number of nitrogens with one attached hydrogen (secondary N) is 1. The first-order chi connectivity index (χ1) is 9.05. The van der Waals surface area contributed by atoms with Crippen LogP contribution >= 0.6 is 0 Å². The van der Waals surface area contributed by atoms with Gasteiger partial charge in [0, 0.05) is 0 Å². The van der Waals surface area contributed by atoms with Crippen LogP contribution < -0.4 is 11.1 Å². The minimum absolute atomic E-state index is 0.0164. The molecule has 1 fully saturated rings. The molecule has 104 valence electrons. The van der Waals surface area contributed by atoms with Gasteiger partial charge >= 0.3 is 0 Å². The maximum absolute atomic E-state index is 12.4. The quantitative estimate of drug-likeness (QED) is 0.826. The Morgan fingerprint density at radius 3 is 2.58 bits per heavy atom. The van der Waals surface area contributed by atoms with Crippen LogP contribution in [0.1, 0.15) is 51.1 Å². The number of benzene rings is 1. The maximum atomic E-state index is 12.4. The van der Waals surface area contributed by atoms with Crippen molar-refractivity contribution in [3.8, 4) is 0 Å². The molecule has 0 bridgehead atoms. The van der Waals surface area contributed by atoms with E-state index >= 15 is 0 Å². The monoisotopic (exact) mass is 260 g/mol. The normalized spacial score (nSPS) is 19.5. The van der Waals surface area contributed by atoms with Crippen LogP contribution in [0.2, 0.25) is 0 Å². The average molecular weight is 260 g/mol. The molecule has 1 aromatic rings. The lowest BCUT2D eigenvalue weighted by Crippen LogP contribution is -2.54. The van der Waals surface area contributed by atoms with Gasteiger partial charge in [0.1, 0.15) is 0 Å². The Labute approximate surface area is 115 Å². The van der Waals surface area contributed by atoms with Gasteiger partial charge in [-0.2, -0.15) is 0 Å². The van der Waals surface area contributed by atoms with E-state index in [2.05, 4.69) is 24.4 Å². The summed E-state index contributed by atoms with van der Waals surface area (Å²) in [6.45, 7) is 3.98. The maximum Gasteiger partial charge on any atom is 0.240 e. The molecule has 0 heterocycles. The van der Waals surface area contributed by atoms with Crippen molar-refractivity contribution < 1.29 is 4.79 Å². The molecule has 0 aliphatic heterocycles. The highest BCUT2D eigenvalue weighted by molar-refractivity contribution is 5.86. The van der Waals surface area contributed by atoms with Gasteiger partial charge < -0.3 is 11.1 Å². The molecule has 1 aliphatic rings. The van der Waals surface area contributed by atoms with Gasteiger partial charge in [-0.3, -0.25) is 4.79 Å². The third-order valence-electron chi connectivity index (χ3n) is 4.00. The van der Waals surface area contributed by atoms with E-state index in [1.807, 2.05) is 25.1 Å². The second-order valence-electron chi connectivity index (χ2n) is 5.78. The van der Waals surface area contributed by atoms with Crippen LogP contribution in [0, 0.1) is 5.92 Å². The molecule has 0 spiro atoms. The summed E-state index contributed by atoms with van der Waals surface area (Å²) < 4.78 is 0. The third kappa shape index (κ3) is 3.35. The Balaban J connectivity index is 2.06. The van der Waals surface area contributed by atoms with E-state index in [0.717, 1.165) is 31.2 Å². The lowest BCUT2D eigenvalue weighted by atomic mass is 9.94. The Kier molecular flexibility index (Phi) is 4.25. The topological polar surface area (TPSA) is 55.1 Å². The highest BCUT2D eigenvalue weighted by atomic mass is 16.2. The molecule has 2 rings (SSSR count). The summed E-state index contributed by atoms with van der Waals surface area (Å²) in [6.07, 6.45) is 4.12. The van der Waals surface area contributed by atoms with Crippen LogP contribution in [0.5, 0.6) is 0 Å². The highest BCUT2D eigenvalue weighted by Crippen LogP contribution is 2.38. The van der Waals surface area contributed by atoms with E-state index in [9.17, 15) is 4.79 Å². The molecule has 3 nitrogen and oxygen atoms in total. The molecule has 19 heavy (non-hydrogen) atoms. The summed E-state index contributed by atoms with van der Waals surface area (Å²) in [7, 11) is 0. The van der Waals surface area contributed by atoms with Crippen LogP contribution in [-0.2, 0) is 4.79 Å². The molecule has 0 aromatic heterocycles. The van der Waals surface area contributed by atoms with Crippen LogP contribution in [0.25, 0.3) is 0 Å². The first kappa shape index (κ1) is 14.1. The molecule has 3 N–H and O–H groups in total. The van der Waals surface area contributed by atoms with Crippen molar-refractivity contribution >= 4 is 5.91 Å². The molecule has 1 saturated carbocycles. The molecule has 3 heteroatoms.